The van der Waals surface area contributed by atoms with Crippen molar-refractivity contribution >= 4 is 17.3 Å². The van der Waals surface area contributed by atoms with E-state index in [-0.39, 0.29) is 0 Å². The number of hydrogen-bond acceptors (Lipinski definition) is 2. The molecule has 0 bridgehead atoms. The summed E-state index contributed by atoms with van der Waals surface area (Å²) in [5.41, 5.74) is 2.76. The van der Waals surface area contributed by atoms with Gasteiger partial charge in [0, 0.05) is 19.2 Å². The highest BCUT2D eigenvalue weighted by molar-refractivity contribution is 8.12. The van der Waals surface area contributed by atoms with Crippen LogP contribution in [0.25, 0.3) is 0 Å². The van der Waals surface area contributed by atoms with E-state index >= 15 is 0 Å². The highest BCUT2D eigenvalue weighted by Gasteiger charge is 1.87. The molecule has 0 aromatic rings. The van der Waals surface area contributed by atoms with Crippen molar-refractivity contribution in [1.29, 1.82) is 0 Å². The first-order chi connectivity index (χ1) is 4.41. The lowest BCUT2D eigenvalue weighted by Crippen LogP contribution is -1.69. The van der Waals surface area contributed by atoms with Crippen molar-refractivity contribution in [2.75, 3.05) is 12.3 Å². The van der Waals surface area contributed by atoms with Gasteiger partial charge < -0.3 is 0 Å². The molecule has 0 aliphatic carbocycles. The summed E-state index contributed by atoms with van der Waals surface area (Å²) in [5, 5.41) is 0. The van der Waals surface area contributed by atoms with Crippen LogP contribution >= 0.6 is 11.8 Å². The smallest absolute Gasteiger partial charge is 0.122 e. The van der Waals surface area contributed by atoms with E-state index in [9.17, 15) is 0 Å². The van der Waals surface area contributed by atoms with Crippen molar-refractivity contribution in [1.82, 2.24) is 0 Å². The average Bonchev–Trinajstić information content (AvgIpc) is 2.43. The summed E-state index contributed by atoms with van der Waals surface area (Å²) >= 11 is 1.66. The minimum atomic E-state index is 0.977. The molecule has 1 heterocycles. The topological polar surface area (TPSA) is 12.4 Å². The van der Waals surface area contributed by atoms with Crippen LogP contribution in [0.5, 0.6) is 0 Å². The van der Waals surface area contributed by atoms with E-state index < -0.39 is 0 Å². The molecule has 0 unspecified atom stereocenters. The molecule has 1 rings (SSSR count). The molecular weight excluding hydrogens is 130 g/mol. The molecule has 9 heavy (non-hydrogen) atoms. The highest BCUT2D eigenvalue weighted by atomic mass is 32.2. The molecule has 48 valence electrons. The van der Waals surface area contributed by atoms with Gasteiger partial charge in [-0.1, -0.05) is 0 Å². The summed E-state index contributed by atoms with van der Waals surface area (Å²) in [4.78, 5) is 3.80. The summed E-state index contributed by atoms with van der Waals surface area (Å²) in [5.74, 6) is 6.14. The first kappa shape index (κ1) is 8.58. The third-order valence-corrected chi connectivity index (χ3v) is 1.26. The minimum Gasteiger partial charge on any atom is -0.275 e. The molecule has 0 atom stereocenters. The van der Waals surface area contributed by atoms with E-state index in [1.165, 1.54) is 0 Å². The Hall–Kier alpha value is -0.420. The fourth-order valence-electron chi connectivity index (χ4n) is 0.228. The van der Waals surface area contributed by atoms with Crippen LogP contribution in [0.15, 0.2) is 4.99 Å². The molecule has 2 radical (unpaired) electrons. The van der Waals surface area contributed by atoms with E-state index in [2.05, 4.69) is 29.3 Å². The Bertz CT molecular complexity index is 118. The number of thioether (sulfide) groups is 1. The van der Waals surface area contributed by atoms with Crippen molar-refractivity contribution in [3.63, 3.8) is 0 Å². The Morgan fingerprint density at radius 3 is 2.56 bits per heavy atom. The van der Waals surface area contributed by atoms with E-state index in [0.717, 1.165) is 12.3 Å². The monoisotopic (exact) mass is 139 g/mol. The molecule has 0 amide bonds. The largest absolute Gasteiger partial charge is 0.275 e. The van der Waals surface area contributed by atoms with E-state index in [0.29, 0.717) is 0 Å². The number of hydrogen-bond donors (Lipinski definition) is 0. The number of aliphatic imine (C=N–C) groups is 1. The van der Waals surface area contributed by atoms with Crippen LogP contribution in [-0.4, -0.2) is 17.8 Å². The van der Waals surface area contributed by atoms with Crippen LogP contribution in [0, 0.1) is 18.8 Å². The lowest BCUT2D eigenvalue weighted by molar-refractivity contribution is 1.18. The van der Waals surface area contributed by atoms with Gasteiger partial charge in [-0.15, -0.1) is 23.6 Å². The van der Waals surface area contributed by atoms with Crippen LogP contribution in [0.1, 0.15) is 6.92 Å². The van der Waals surface area contributed by atoms with Gasteiger partial charge in [0.1, 0.15) is 5.55 Å². The predicted molar refractivity (Wildman–Crippen MR) is 43.6 cm³/mol. The second kappa shape index (κ2) is 7.58. The maximum atomic E-state index is 3.80. The van der Waals surface area contributed by atoms with Crippen LogP contribution in [0.3, 0.4) is 0 Å². The molecule has 2 heteroatoms. The maximum Gasteiger partial charge on any atom is 0.122 e. The Kier molecular flexibility index (Phi) is 7.23. The van der Waals surface area contributed by atoms with Gasteiger partial charge in [0.25, 0.3) is 0 Å². The van der Waals surface area contributed by atoms with Crippen molar-refractivity contribution in [2.45, 2.75) is 6.92 Å². The minimum absolute atomic E-state index is 0.977. The fourth-order valence-corrected chi connectivity index (χ4v) is 0.685. The van der Waals surface area contributed by atoms with Gasteiger partial charge in [-0.2, -0.15) is 0 Å². The van der Waals surface area contributed by atoms with Crippen LogP contribution in [-0.2, 0) is 0 Å². The van der Waals surface area contributed by atoms with Gasteiger partial charge in [0.2, 0.25) is 0 Å². The molecule has 0 fully saturated rings. The lowest BCUT2D eigenvalue weighted by Gasteiger charge is -1.66. The summed E-state index contributed by atoms with van der Waals surface area (Å²) in [6.07, 6.45) is 0. The van der Waals surface area contributed by atoms with Gasteiger partial charge in [0.05, 0.1) is 0 Å². The van der Waals surface area contributed by atoms with Gasteiger partial charge in [-0.3, -0.25) is 4.99 Å². The molecular formula is C7H9NS. The summed E-state index contributed by atoms with van der Waals surface area (Å²) in [7, 11) is 0. The first-order valence-electron chi connectivity index (χ1n) is 2.64. The van der Waals surface area contributed by atoms with E-state index in [1.807, 2.05) is 0 Å². The Morgan fingerprint density at radius 1 is 1.78 bits per heavy atom. The molecule has 0 aromatic carbocycles. The molecule has 0 spiro atoms. The zero-order valence-corrected chi connectivity index (χ0v) is 6.29. The van der Waals surface area contributed by atoms with Gasteiger partial charge in [-0.05, 0) is 6.92 Å². The summed E-state index contributed by atoms with van der Waals surface area (Å²) in [6.45, 7) is 5.98. The van der Waals surface area contributed by atoms with Crippen LogP contribution in [0.4, 0.5) is 0 Å². The predicted octanol–water partition coefficient (Wildman–Crippen LogP) is 1.48. The van der Waals surface area contributed by atoms with Crippen molar-refractivity contribution in [3.8, 4) is 11.8 Å². The second-order valence-corrected chi connectivity index (χ2v) is 2.13. The van der Waals surface area contributed by atoms with Gasteiger partial charge in [-0.25, -0.2) is 0 Å². The molecule has 1 aliphatic heterocycles. The fraction of sp³-hybridized carbons (Fsp3) is 0.429. The zero-order valence-electron chi connectivity index (χ0n) is 5.48. The molecule has 1 aliphatic rings. The zero-order chi connectivity index (χ0) is 6.95. The SMILES string of the molecule is [CH2]C#CC.[C]1=NCCS1. The maximum absolute atomic E-state index is 3.80. The molecule has 0 saturated heterocycles. The molecule has 0 saturated carbocycles. The quantitative estimate of drug-likeness (QED) is 0.463. The van der Waals surface area contributed by atoms with Crippen LogP contribution in [0.2, 0.25) is 0 Å². The summed E-state index contributed by atoms with van der Waals surface area (Å²) < 4.78 is 0. The Balaban J connectivity index is 0.000000148. The Labute approximate surface area is 60.9 Å². The van der Waals surface area contributed by atoms with Crippen LogP contribution < -0.4 is 0 Å². The van der Waals surface area contributed by atoms with Crippen molar-refractivity contribution in [3.05, 3.63) is 6.92 Å². The van der Waals surface area contributed by atoms with Gasteiger partial charge >= 0.3 is 0 Å². The average molecular weight is 139 g/mol. The third-order valence-electron chi connectivity index (χ3n) is 0.611. The number of nitrogens with zero attached hydrogens (tertiary/aromatic N) is 1. The van der Waals surface area contributed by atoms with Crippen molar-refractivity contribution in [2.24, 2.45) is 4.99 Å². The molecule has 1 nitrogen and oxygen atoms in total. The highest BCUT2D eigenvalue weighted by Crippen LogP contribution is 1.99. The third kappa shape index (κ3) is 7.58. The van der Waals surface area contributed by atoms with E-state index in [4.69, 9.17) is 0 Å². The number of rotatable bonds is 0. The standard InChI is InChI=1S/C4H5.C3H4NS/c1-3-4-2;1-2-5-3-4-1/h1H2,2H3;1-2H2. The lowest BCUT2D eigenvalue weighted by atomic mass is 10.7. The van der Waals surface area contributed by atoms with E-state index in [1.54, 1.807) is 18.7 Å². The molecule has 0 N–H and O–H groups in total. The van der Waals surface area contributed by atoms with Gasteiger partial charge in [0.15, 0.2) is 0 Å². The summed E-state index contributed by atoms with van der Waals surface area (Å²) in [6, 6.07) is 0. The Morgan fingerprint density at radius 2 is 2.44 bits per heavy atom. The van der Waals surface area contributed by atoms with Crippen molar-refractivity contribution < 1.29 is 0 Å². The normalized spacial score (nSPS) is 13.1. The molecule has 0 aromatic heterocycles. The first-order valence-corrected chi connectivity index (χ1v) is 3.62. The second-order valence-electron chi connectivity index (χ2n) is 1.25.